The van der Waals surface area contributed by atoms with E-state index in [-0.39, 0.29) is 5.91 Å². The molecule has 0 atom stereocenters. The molecule has 2 aromatic carbocycles. The highest BCUT2D eigenvalue weighted by Gasteiger charge is 2.23. The van der Waals surface area contributed by atoms with Crippen LogP contribution in [0.1, 0.15) is 11.1 Å². The SMILES string of the molecule is Cc1cc2nc(N3CCN(C(=O)CSc4ccc(Cl)cc4)CC3)sc2cc1C. The molecule has 0 saturated carbocycles. The number of amides is 1. The first kappa shape index (κ1) is 19.6. The van der Waals surface area contributed by atoms with E-state index in [4.69, 9.17) is 16.6 Å². The Hall–Kier alpha value is -1.76. The average molecular weight is 432 g/mol. The fourth-order valence-electron chi connectivity index (χ4n) is 3.22. The van der Waals surface area contributed by atoms with E-state index in [2.05, 4.69) is 30.9 Å². The van der Waals surface area contributed by atoms with Crippen molar-refractivity contribution in [1.82, 2.24) is 9.88 Å². The Balaban J connectivity index is 1.33. The molecule has 0 bridgehead atoms. The normalized spacial score (nSPS) is 14.7. The number of fused-ring (bicyclic) bond motifs is 1. The molecule has 1 aliphatic rings. The Morgan fingerprint density at radius 3 is 2.50 bits per heavy atom. The van der Waals surface area contributed by atoms with Crippen LogP contribution in [0.3, 0.4) is 0 Å². The highest BCUT2D eigenvalue weighted by molar-refractivity contribution is 8.00. The van der Waals surface area contributed by atoms with Crippen LogP contribution in [0.4, 0.5) is 5.13 Å². The average Bonchev–Trinajstić information content (AvgIpc) is 3.10. The highest BCUT2D eigenvalue weighted by Crippen LogP contribution is 2.31. The number of thioether (sulfide) groups is 1. The lowest BCUT2D eigenvalue weighted by atomic mass is 10.1. The zero-order chi connectivity index (χ0) is 19.7. The van der Waals surface area contributed by atoms with E-state index in [1.54, 1.807) is 23.1 Å². The predicted octanol–water partition coefficient (Wildman–Crippen LogP) is 5.01. The van der Waals surface area contributed by atoms with Crippen molar-refractivity contribution >= 4 is 56.0 Å². The number of rotatable bonds is 4. The number of benzene rings is 2. The maximum absolute atomic E-state index is 12.5. The summed E-state index contributed by atoms with van der Waals surface area (Å²) in [5.41, 5.74) is 3.65. The van der Waals surface area contributed by atoms with Crippen LogP contribution in [0.2, 0.25) is 5.02 Å². The molecule has 0 spiro atoms. The first-order valence-corrected chi connectivity index (χ1v) is 11.5. The van der Waals surface area contributed by atoms with Crippen LogP contribution in [0.5, 0.6) is 0 Å². The molecule has 1 fully saturated rings. The van der Waals surface area contributed by atoms with E-state index >= 15 is 0 Å². The molecule has 7 heteroatoms. The molecule has 1 aliphatic heterocycles. The van der Waals surface area contributed by atoms with Gasteiger partial charge in [0.2, 0.25) is 5.91 Å². The molecule has 2 heterocycles. The summed E-state index contributed by atoms with van der Waals surface area (Å²) in [6.07, 6.45) is 0. The summed E-state index contributed by atoms with van der Waals surface area (Å²) in [6.45, 7) is 7.41. The monoisotopic (exact) mass is 431 g/mol. The molecule has 4 nitrogen and oxygen atoms in total. The molecule has 1 aromatic heterocycles. The maximum Gasteiger partial charge on any atom is 0.233 e. The number of hydrogen-bond donors (Lipinski definition) is 0. The van der Waals surface area contributed by atoms with Crippen molar-refractivity contribution in [3.05, 3.63) is 52.5 Å². The van der Waals surface area contributed by atoms with Gasteiger partial charge in [0.05, 0.1) is 16.0 Å². The van der Waals surface area contributed by atoms with Gasteiger partial charge in [0.15, 0.2) is 5.13 Å². The number of anilines is 1. The van der Waals surface area contributed by atoms with Crippen molar-refractivity contribution in [3.63, 3.8) is 0 Å². The quantitative estimate of drug-likeness (QED) is 0.544. The van der Waals surface area contributed by atoms with Crippen molar-refractivity contribution in [2.45, 2.75) is 18.7 Å². The third-order valence-electron chi connectivity index (χ3n) is 5.07. The second-order valence-corrected chi connectivity index (χ2v) is 9.51. The van der Waals surface area contributed by atoms with E-state index < -0.39 is 0 Å². The predicted molar refractivity (Wildman–Crippen MR) is 120 cm³/mol. The van der Waals surface area contributed by atoms with Gasteiger partial charge in [-0.1, -0.05) is 22.9 Å². The molecule has 3 aromatic rings. The molecule has 0 radical (unpaired) electrons. The highest BCUT2D eigenvalue weighted by atomic mass is 35.5. The number of piperazine rings is 1. The first-order chi connectivity index (χ1) is 13.5. The van der Waals surface area contributed by atoms with E-state index in [1.807, 2.05) is 29.2 Å². The number of carbonyl (C=O) groups is 1. The van der Waals surface area contributed by atoms with Gasteiger partial charge in [-0.15, -0.1) is 11.8 Å². The summed E-state index contributed by atoms with van der Waals surface area (Å²) in [7, 11) is 0. The maximum atomic E-state index is 12.5. The molecule has 0 unspecified atom stereocenters. The van der Waals surface area contributed by atoms with Gasteiger partial charge in [0.1, 0.15) is 0 Å². The summed E-state index contributed by atoms with van der Waals surface area (Å²) in [4.78, 5) is 22.7. The summed E-state index contributed by atoms with van der Waals surface area (Å²) in [5.74, 6) is 0.650. The van der Waals surface area contributed by atoms with Gasteiger partial charge in [0.25, 0.3) is 0 Å². The van der Waals surface area contributed by atoms with Crippen molar-refractivity contribution < 1.29 is 4.79 Å². The summed E-state index contributed by atoms with van der Waals surface area (Å²) in [6, 6.07) is 12.0. The lowest BCUT2D eigenvalue weighted by Crippen LogP contribution is -2.49. The number of carbonyl (C=O) groups excluding carboxylic acids is 1. The van der Waals surface area contributed by atoms with Gasteiger partial charge in [-0.05, 0) is 61.4 Å². The molecular weight excluding hydrogens is 410 g/mol. The molecule has 1 saturated heterocycles. The van der Waals surface area contributed by atoms with Crippen LogP contribution in [-0.4, -0.2) is 47.7 Å². The molecule has 1 amide bonds. The van der Waals surface area contributed by atoms with Crippen molar-refractivity contribution in [1.29, 1.82) is 0 Å². The standard InChI is InChI=1S/C21H22ClN3OS2/c1-14-11-18-19(12-15(14)2)28-21(23-18)25-9-7-24(8-10-25)20(26)13-27-17-5-3-16(22)4-6-17/h3-6,11-12H,7-10,13H2,1-2H3. The number of aryl methyl sites for hydroxylation is 2. The fourth-order valence-corrected chi connectivity index (χ4v) is 5.24. The number of nitrogens with zero attached hydrogens (tertiary/aromatic N) is 3. The Bertz CT molecular complexity index is 956. The first-order valence-electron chi connectivity index (χ1n) is 9.28. The fraction of sp³-hybridized carbons (Fsp3) is 0.333. The number of thiazole rings is 1. The summed E-state index contributed by atoms with van der Waals surface area (Å²) >= 11 is 9.21. The van der Waals surface area contributed by atoms with E-state index in [9.17, 15) is 4.79 Å². The van der Waals surface area contributed by atoms with Gasteiger partial charge in [-0.3, -0.25) is 4.79 Å². The Morgan fingerprint density at radius 2 is 1.79 bits per heavy atom. The third-order valence-corrected chi connectivity index (χ3v) is 7.40. The van der Waals surface area contributed by atoms with Gasteiger partial charge in [-0.25, -0.2) is 4.98 Å². The minimum Gasteiger partial charge on any atom is -0.345 e. The van der Waals surface area contributed by atoms with Crippen LogP contribution in [-0.2, 0) is 4.79 Å². The van der Waals surface area contributed by atoms with Gasteiger partial charge in [0, 0.05) is 36.1 Å². The van der Waals surface area contributed by atoms with Gasteiger partial charge in [-0.2, -0.15) is 0 Å². The Morgan fingerprint density at radius 1 is 1.11 bits per heavy atom. The summed E-state index contributed by atoms with van der Waals surface area (Å²) < 4.78 is 1.23. The van der Waals surface area contributed by atoms with Gasteiger partial charge >= 0.3 is 0 Å². The van der Waals surface area contributed by atoms with Crippen LogP contribution in [0, 0.1) is 13.8 Å². The Labute approximate surface area is 178 Å². The second-order valence-electron chi connectivity index (χ2n) is 7.01. The van der Waals surface area contributed by atoms with Crippen molar-refractivity contribution in [3.8, 4) is 0 Å². The number of halogens is 1. The minimum atomic E-state index is 0.190. The minimum absolute atomic E-state index is 0.190. The van der Waals surface area contributed by atoms with Gasteiger partial charge < -0.3 is 9.80 Å². The van der Waals surface area contributed by atoms with E-state index in [0.717, 1.165) is 41.7 Å². The molecule has 0 aliphatic carbocycles. The molecule has 146 valence electrons. The van der Waals surface area contributed by atoms with Crippen LogP contribution < -0.4 is 4.90 Å². The zero-order valence-electron chi connectivity index (χ0n) is 15.9. The van der Waals surface area contributed by atoms with E-state index in [1.165, 1.54) is 15.8 Å². The molecule has 4 rings (SSSR count). The Kier molecular flexibility index (Phi) is 5.80. The summed E-state index contributed by atoms with van der Waals surface area (Å²) in [5, 5.41) is 1.77. The lowest BCUT2D eigenvalue weighted by molar-refractivity contribution is -0.128. The number of aromatic nitrogens is 1. The molecular formula is C21H22ClN3OS2. The smallest absolute Gasteiger partial charge is 0.233 e. The second kappa shape index (κ2) is 8.31. The molecule has 28 heavy (non-hydrogen) atoms. The zero-order valence-corrected chi connectivity index (χ0v) is 18.3. The van der Waals surface area contributed by atoms with Crippen LogP contribution in [0.15, 0.2) is 41.3 Å². The largest absolute Gasteiger partial charge is 0.345 e. The lowest BCUT2D eigenvalue weighted by Gasteiger charge is -2.34. The van der Waals surface area contributed by atoms with Crippen molar-refractivity contribution in [2.75, 3.05) is 36.8 Å². The van der Waals surface area contributed by atoms with E-state index in [0.29, 0.717) is 10.8 Å². The number of hydrogen-bond acceptors (Lipinski definition) is 5. The van der Waals surface area contributed by atoms with Crippen molar-refractivity contribution in [2.24, 2.45) is 0 Å². The van der Waals surface area contributed by atoms with Crippen LogP contribution >= 0.6 is 34.7 Å². The molecule has 0 N–H and O–H groups in total. The third kappa shape index (κ3) is 4.29. The van der Waals surface area contributed by atoms with Crippen LogP contribution in [0.25, 0.3) is 10.2 Å². The topological polar surface area (TPSA) is 36.4 Å².